The van der Waals surface area contributed by atoms with Gasteiger partial charge in [-0.05, 0) is 42.1 Å². The van der Waals surface area contributed by atoms with Crippen molar-refractivity contribution in [2.75, 3.05) is 7.11 Å². The highest BCUT2D eigenvalue weighted by atomic mass is 32.2. The van der Waals surface area contributed by atoms with Gasteiger partial charge >= 0.3 is 0 Å². The fourth-order valence-corrected chi connectivity index (χ4v) is 4.01. The summed E-state index contributed by atoms with van der Waals surface area (Å²) in [5.41, 5.74) is 0.705. The van der Waals surface area contributed by atoms with Gasteiger partial charge in [0.2, 0.25) is 0 Å². The zero-order valence-corrected chi connectivity index (χ0v) is 16.1. The lowest BCUT2D eigenvalue weighted by atomic mass is 10.2. The van der Waals surface area contributed by atoms with E-state index >= 15 is 0 Å². The number of hydrogen-bond donors (Lipinski definition) is 0. The number of benzene rings is 3. The SMILES string of the molecule is COc1ccccc1-n1c(Sc2ccccc2[N+](=O)[O-])nc2ccccc2c1=O. The fraction of sp³-hybridized carbons (Fsp3) is 0.0476. The minimum atomic E-state index is -0.449. The second-order valence-corrected chi connectivity index (χ2v) is 7.06. The Morgan fingerprint density at radius 2 is 1.69 bits per heavy atom. The standard InChI is InChI=1S/C21H15N3O4S/c1-28-18-12-6-4-10-16(18)23-20(25)14-8-2-3-9-15(14)22-21(23)29-19-13-7-5-11-17(19)24(26)27/h2-13H,1H3. The predicted octanol–water partition coefficient (Wildman–Crippen LogP) is 4.45. The van der Waals surface area contributed by atoms with Gasteiger partial charge < -0.3 is 4.74 Å². The lowest BCUT2D eigenvalue weighted by molar-refractivity contribution is -0.387. The van der Waals surface area contributed by atoms with Crippen LogP contribution in [0.3, 0.4) is 0 Å². The normalized spacial score (nSPS) is 10.8. The molecule has 29 heavy (non-hydrogen) atoms. The molecule has 0 saturated carbocycles. The lowest BCUT2D eigenvalue weighted by Crippen LogP contribution is -2.22. The summed E-state index contributed by atoms with van der Waals surface area (Å²) in [5, 5.41) is 12.2. The average molecular weight is 405 g/mol. The number of methoxy groups -OCH3 is 1. The molecule has 1 aromatic heterocycles. The minimum absolute atomic E-state index is 0.0496. The second kappa shape index (κ2) is 7.76. The maximum atomic E-state index is 13.3. The Bertz CT molecular complexity index is 1290. The topological polar surface area (TPSA) is 87.3 Å². The van der Waals surface area contributed by atoms with Crippen molar-refractivity contribution < 1.29 is 9.66 Å². The molecule has 4 rings (SSSR count). The van der Waals surface area contributed by atoms with Crippen LogP contribution in [-0.4, -0.2) is 21.6 Å². The Labute approximate surface area is 169 Å². The monoisotopic (exact) mass is 405 g/mol. The van der Waals surface area contributed by atoms with E-state index in [2.05, 4.69) is 4.98 Å². The van der Waals surface area contributed by atoms with Gasteiger partial charge in [-0.2, -0.15) is 0 Å². The summed E-state index contributed by atoms with van der Waals surface area (Å²) in [6.07, 6.45) is 0. The van der Waals surface area contributed by atoms with Gasteiger partial charge in [0.05, 0.1) is 33.5 Å². The molecule has 0 aliphatic heterocycles. The van der Waals surface area contributed by atoms with Crippen LogP contribution in [0.2, 0.25) is 0 Å². The summed E-state index contributed by atoms with van der Waals surface area (Å²) >= 11 is 1.07. The highest BCUT2D eigenvalue weighted by Gasteiger charge is 2.20. The van der Waals surface area contributed by atoms with E-state index in [1.165, 1.54) is 17.7 Å². The van der Waals surface area contributed by atoms with Crippen molar-refractivity contribution in [2.45, 2.75) is 10.1 Å². The maximum absolute atomic E-state index is 13.3. The summed E-state index contributed by atoms with van der Waals surface area (Å²) < 4.78 is 6.86. The Morgan fingerprint density at radius 1 is 1.00 bits per heavy atom. The Kier molecular flexibility index (Phi) is 5.01. The first-order valence-corrected chi connectivity index (χ1v) is 9.48. The van der Waals surface area contributed by atoms with Gasteiger partial charge in [0.1, 0.15) is 5.75 Å². The zero-order chi connectivity index (χ0) is 20.4. The van der Waals surface area contributed by atoms with Crippen molar-refractivity contribution in [2.24, 2.45) is 0 Å². The van der Waals surface area contributed by atoms with Crippen LogP contribution >= 0.6 is 11.8 Å². The van der Waals surface area contributed by atoms with Gasteiger partial charge in [0, 0.05) is 6.07 Å². The van der Waals surface area contributed by atoms with Crippen molar-refractivity contribution >= 4 is 28.4 Å². The van der Waals surface area contributed by atoms with Gasteiger partial charge in [-0.15, -0.1) is 0 Å². The molecule has 0 aliphatic carbocycles. The molecule has 0 N–H and O–H groups in total. The molecule has 0 fully saturated rings. The van der Waals surface area contributed by atoms with E-state index in [1.54, 1.807) is 66.7 Å². The number of nitro benzene ring substituents is 1. The Balaban J connectivity index is 2.01. The van der Waals surface area contributed by atoms with E-state index in [0.717, 1.165) is 11.8 Å². The lowest BCUT2D eigenvalue weighted by Gasteiger charge is -2.15. The van der Waals surface area contributed by atoms with Crippen molar-refractivity contribution in [1.82, 2.24) is 9.55 Å². The summed E-state index contributed by atoms with van der Waals surface area (Å²) in [7, 11) is 1.52. The first kappa shape index (κ1) is 18.7. The van der Waals surface area contributed by atoms with E-state index in [4.69, 9.17) is 4.74 Å². The van der Waals surface area contributed by atoms with Crippen molar-refractivity contribution in [3.8, 4) is 11.4 Å². The van der Waals surface area contributed by atoms with Crippen LogP contribution in [0.15, 0.2) is 87.6 Å². The molecular weight excluding hydrogens is 390 g/mol. The number of ether oxygens (including phenoxy) is 1. The van der Waals surface area contributed by atoms with Crippen LogP contribution in [0.4, 0.5) is 5.69 Å². The first-order chi connectivity index (χ1) is 14.1. The number of fused-ring (bicyclic) bond motifs is 1. The molecule has 0 unspecified atom stereocenters. The van der Waals surface area contributed by atoms with Crippen molar-refractivity contribution in [3.63, 3.8) is 0 Å². The van der Waals surface area contributed by atoms with Gasteiger partial charge in [0.25, 0.3) is 11.2 Å². The maximum Gasteiger partial charge on any atom is 0.283 e. The van der Waals surface area contributed by atoms with Crippen LogP contribution in [-0.2, 0) is 0 Å². The molecule has 0 saturated heterocycles. The summed E-state index contributed by atoms with van der Waals surface area (Å²) in [5.74, 6) is 0.496. The Hall–Kier alpha value is -3.65. The van der Waals surface area contributed by atoms with Crippen molar-refractivity contribution in [1.29, 1.82) is 0 Å². The molecule has 0 amide bonds. The molecule has 0 aliphatic rings. The van der Waals surface area contributed by atoms with Crippen LogP contribution in [0.5, 0.6) is 5.75 Å². The molecule has 4 aromatic rings. The quantitative estimate of drug-likeness (QED) is 0.277. The summed E-state index contributed by atoms with van der Waals surface area (Å²) in [6.45, 7) is 0. The van der Waals surface area contributed by atoms with Crippen LogP contribution in [0, 0.1) is 10.1 Å². The number of aromatic nitrogens is 2. The third-order valence-corrected chi connectivity index (χ3v) is 5.36. The molecular formula is C21H15N3O4S. The fourth-order valence-electron chi connectivity index (χ4n) is 3.00. The average Bonchev–Trinajstić information content (AvgIpc) is 2.74. The highest BCUT2D eigenvalue weighted by molar-refractivity contribution is 7.99. The molecule has 1 heterocycles. The van der Waals surface area contributed by atoms with Crippen LogP contribution < -0.4 is 10.3 Å². The van der Waals surface area contributed by atoms with E-state index in [-0.39, 0.29) is 11.2 Å². The molecule has 144 valence electrons. The molecule has 0 bridgehead atoms. The van der Waals surface area contributed by atoms with E-state index in [0.29, 0.717) is 32.4 Å². The molecule has 0 atom stereocenters. The smallest absolute Gasteiger partial charge is 0.283 e. The van der Waals surface area contributed by atoms with Crippen LogP contribution in [0.25, 0.3) is 16.6 Å². The highest BCUT2D eigenvalue weighted by Crippen LogP contribution is 2.35. The summed E-state index contributed by atoms with van der Waals surface area (Å²) in [4.78, 5) is 29.4. The number of rotatable bonds is 5. The van der Waals surface area contributed by atoms with E-state index in [9.17, 15) is 14.9 Å². The molecule has 7 nitrogen and oxygen atoms in total. The van der Waals surface area contributed by atoms with Crippen molar-refractivity contribution in [3.05, 3.63) is 93.3 Å². The molecule has 0 spiro atoms. The predicted molar refractivity (Wildman–Crippen MR) is 111 cm³/mol. The summed E-state index contributed by atoms with van der Waals surface area (Å²) in [6, 6.07) is 20.5. The number of para-hydroxylation sites is 4. The van der Waals surface area contributed by atoms with E-state index in [1.807, 2.05) is 0 Å². The van der Waals surface area contributed by atoms with Gasteiger partial charge in [-0.3, -0.25) is 19.5 Å². The third kappa shape index (κ3) is 3.45. The van der Waals surface area contributed by atoms with E-state index < -0.39 is 4.92 Å². The third-order valence-electron chi connectivity index (χ3n) is 4.33. The first-order valence-electron chi connectivity index (χ1n) is 8.66. The van der Waals surface area contributed by atoms with Crippen LogP contribution in [0.1, 0.15) is 0 Å². The number of nitro groups is 1. The van der Waals surface area contributed by atoms with Gasteiger partial charge in [-0.1, -0.05) is 36.4 Å². The van der Waals surface area contributed by atoms with Gasteiger partial charge in [0.15, 0.2) is 5.16 Å². The number of nitrogens with zero attached hydrogens (tertiary/aromatic N) is 3. The number of hydrogen-bond acceptors (Lipinski definition) is 6. The van der Waals surface area contributed by atoms with Gasteiger partial charge in [-0.25, -0.2) is 4.98 Å². The second-order valence-electron chi connectivity index (χ2n) is 6.05. The molecule has 3 aromatic carbocycles. The molecule has 0 radical (unpaired) electrons. The molecule has 8 heteroatoms. The largest absolute Gasteiger partial charge is 0.495 e. The Morgan fingerprint density at radius 3 is 2.48 bits per heavy atom. The minimum Gasteiger partial charge on any atom is -0.495 e. The zero-order valence-electron chi connectivity index (χ0n) is 15.3.